The van der Waals surface area contributed by atoms with Crippen LogP contribution in [-0.2, 0) is 4.74 Å². The molecule has 2 saturated heterocycles. The first-order valence-corrected chi connectivity index (χ1v) is 12.5. The van der Waals surface area contributed by atoms with Crippen LogP contribution in [0.25, 0.3) is 0 Å². The Morgan fingerprint density at radius 1 is 1.03 bits per heavy atom. The highest BCUT2D eigenvalue weighted by Gasteiger charge is 2.34. The molecule has 1 aromatic rings. The van der Waals surface area contributed by atoms with Crippen LogP contribution in [0.15, 0.2) is 18.2 Å². The van der Waals surface area contributed by atoms with Crippen molar-refractivity contribution in [2.24, 2.45) is 5.41 Å². The third-order valence-electron chi connectivity index (χ3n) is 8.52. The molecule has 2 aliphatic heterocycles. The SMILES string of the molecule is CCC1(CC)CCC(c2cc(N3CCC[C@H]3COC)ccc2N2CCNCC2)CC1. The molecule has 1 aliphatic carbocycles. The van der Waals surface area contributed by atoms with Gasteiger partial charge in [0.15, 0.2) is 0 Å². The summed E-state index contributed by atoms with van der Waals surface area (Å²) in [5.41, 5.74) is 5.15. The number of rotatable bonds is 7. The zero-order valence-electron chi connectivity index (χ0n) is 19.6. The Morgan fingerprint density at radius 3 is 2.43 bits per heavy atom. The number of piperazine rings is 1. The van der Waals surface area contributed by atoms with Crippen LogP contribution in [0.1, 0.15) is 76.7 Å². The highest BCUT2D eigenvalue weighted by molar-refractivity contribution is 5.64. The molecule has 0 radical (unpaired) electrons. The normalized spacial score (nSPS) is 25.1. The van der Waals surface area contributed by atoms with E-state index in [0.29, 0.717) is 17.4 Å². The average molecular weight is 414 g/mol. The molecule has 1 saturated carbocycles. The number of benzene rings is 1. The van der Waals surface area contributed by atoms with E-state index in [-0.39, 0.29) is 0 Å². The van der Waals surface area contributed by atoms with E-state index in [9.17, 15) is 0 Å². The lowest BCUT2D eigenvalue weighted by Crippen LogP contribution is -2.44. The van der Waals surface area contributed by atoms with E-state index in [1.807, 2.05) is 7.11 Å². The summed E-state index contributed by atoms with van der Waals surface area (Å²) >= 11 is 0. The lowest BCUT2D eigenvalue weighted by atomic mass is 9.66. The number of hydrogen-bond acceptors (Lipinski definition) is 4. The molecular weight excluding hydrogens is 370 g/mol. The van der Waals surface area contributed by atoms with Crippen LogP contribution >= 0.6 is 0 Å². The third kappa shape index (κ3) is 4.50. The lowest BCUT2D eigenvalue weighted by molar-refractivity contribution is 0.159. The minimum Gasteiger partial charge on any atom is -0.383 e. The van der Waals surface area contributed by atoms with Crippen molar-refractivity contribution in [3.8, 4) is 0 Å². The molecule has 4 nitrogen and oxygen atoms in total. The van der Waals surface area contributed by atoms with Gasteiger partial charge in [-0.15, -0.1) is 0 Å². The second-order valence-electron chi connectivity index (χ2n) is 9.91. The molecule has 30 heavy (non-hydrogen) atoms. The van der Waals surface area contributed by atoms with Gasteiger partial charge in [0.25, 0.3) is 0 Å². The molecule has 168 valence electrons. The van der Waals surface area contributed by atoms with Gasteiger partial charge in [-0.3, -0.25) is 0 Å². The van der Waals surface area contributed by atoms with Crippen molar-refractivity contribution in [3.63, 3.8) is 0 Å². The zero-order valence-corrected chi connectivity index (χ0v) is 19.6. The Labute approximate surface area is 184 Å². The van der Waals surface area contributed by atoms with E-state index >= 15 is 0 Å². The predicted molar refractivity (Wildman–Crippen MR) is 128 cm³/mol. The van der Waals surface area contributed by atoms with E-state index in [4.69, 9.17) is 4.74 Å². The van der Waals surface area contributed by atoms with Gasteiger partial charge in [-0.25, -0.2) is 0 Å². The van der Waals surface area contributed by atoms with Crippen LogP contribution < -0.4 is 15.1 Å². The molecular formula is C26H43N3O. The van der Waals surface area contributed by atoms with Gasteiger partial charge >= 0.3 is 0 Å². The van der Waals surface area contributed by atoms with Crippen LogP contribution in [-0.4, -0.2) is 52.5 Å². The Kier molecular flexibility index (Phi) is 7.25. The Hall–Kier alpha value is -1.26. The number of nitrogens with one attached hydrogen (secondary N) is 1. The second-order valence-corrected chi connectivity index (χ2v) is 9.91. The quantitative estimate of drug-likeness (QED) is 0.667. The van der Waals surface area contributed by atoms with Crippen molar-refractivity contribution in [1.29, 1.82) is 0 Å². The number of methoxy groups -OCH3 is 1. The first-order chi connectivity index (χ1) is 14.7. The van der Waals surface area contributed by atoms with Gasteiger partial charge < -0.3 is 19.9 Å². The topological polar surface area (TPSA) is 27.7 Å². The molecule has 4 rings (SSSR count). The Morgan fingerprint density at radius 2 is 1.77 bits per heavy atom. The van der Waals surface area contributed by atoms with Crippen molar-refractivity contribution in [3.05, 3.63) is 23.8 Å². The molecule has 1 N–H and O–H groups in total. The van der Waals surface area contributed by atoms with Crippen molar-refractivity contribution >= 4 is 11.4 Å². The van der Waals surface area contributed by atoms with Gasteiger partial charge in [0.2, 0.25) is 0 Å². The minimum atomic E-state index is 0.534. The molecule has 0 spiro atoms. The largest absolute Gasteiger partial charge is 0.383 e. The molecule has 0 bridgehead atoms. The molecule has 1 aromatic carbocycles. The maximum atomic E-state index is 5.53. The molecule has 2 heterocycles. The number of nitrogens with zero attached hydrogens (tertiary/aromatic N) is 2. The molecule has 3 aliphatic rings. The van der Waals surface area contributed by atoms with Gasteiger partial charge in [0.1, 0.15) is 0 Å². The molecule has 0 unspecified atom stereocenters. The fourth-order valence-corrected chi connectivity index (χ4v) is 6.28. The van der Waals surface area contributed by atoms with E-state index in [2.05, 4.69) is 47.2 Å². The van der Waals surface area contributed by atoms with Crippen LogP contribution in [0.3, 0.4) is 0 Å². The summed E-state index contributed by atoms with van der Waals surface area (Å²) < 4.78 is 5.53. The van der Waals surface area contributed by atoms with Gasteiger partial charge in [0, 0.05) is 51.2 Å². The van der Waals surface area contributed by atoms with Crippen molar-refractivity contribution in [1.82, 2.24) is 5.32 Å². The monoisotopic (exact) mass is 413 g/mol. The van der Waals surface area contributed by atoms with Crippen molar-refractivity contribution < 1.29 is 4.74 Å². The van der Waals surface area contributed by atoms with Crippen molar-refractivity contribution in [2.45, 2.75) is 77.2 Å². The maximum absolute atomic E-state index is 5.53. The van der Waals surface area contributed by atoms with Gasteiger partial charge in [-0.2, -0.15) is 0 Å². The molecule has 0 aromatic heterocycles. The summed E-state index contributed by atoms with van der Waals surface area (Å²) in [6.45, 7) is 11.3. The number of anilines is 2. The summed E-state index contributed by atoms with van der Waals surface area (Å²) in [7, 11) is 1.84. The smallest absolute Gasteiger partial charge is 0.0666 e. The zero-order chi connectivity index (χ0) is 21.0. The highest BCUT2D eigenvalue weighted by Crippen LogP contribution is 2.49. The Bertz CT molecular complexity index is 671. The van der Waals surface area contributed by atoms with E-state index < -0.39 is 0 Å². The van der Waals surface area contributed by atoms with Gasteiger partial charge in [-0.05, 0) is 73.6 Å². The third-order valence-corrected chi connectivity index (χ3v) is 8.52. The fourth-order valence-electron chi connectivity index (χ4n) is 6.28. The summed E-state index contributed by atoms with van der Waals surface area (Å²) in [5, 5.41) is 3.52. The molecule has 0 amide bonds. The average Bonchev–Trinajstić information content (AvgIpc) is 3.28. The summed E-state index contributed by atoms with van der Waals surface area (Å²) in [5.74, 6) is 0.713. The standard InChI is InChI=1S/C26H43N3O/c1-4-26(5-2)12-10-21(11-13-26)24-19-22(29-16-6-7-23(29)20-30-3)8-9-25(24)28-17-14-27-15-18-28/h8-9,19,21,23,27H,4-7,10-18,20H2,1-3H3/t23-/m0/s1. The Balaban J connectivity index is 1.61. The molecule has 1 atom stereocenters. The van der Waals surface area contributed by atoms with Gasteiger partial charge in [0.05, 0.1) is 12.6 Å². The van der Waals surface area contributed by atoms with Crippen LogP contribution in [0, 0.1) is 5.41 Å². The maximum Gasteiger partial charge on any atom is 0.0666 e. The lowest BCUT2D eigenvalue weighted by Gasteiger charge is -2.41. The fraction of sp³-hybridized carbons (Fsp3) is 0.769. The number of ether oxygens (including phenoxy) is 1. The summed E-state index contributed by atoms with van der Waals surface area (Å²) in [6, 6.07) is 7.94. The summed E-state index contributed by atoms with van der Waals surface area (Å²) in [4.78, 5) is 5.24. The van der Waals surface area contributed by atoms with Crippen LogP contribution in [0.5, 0.6) is 0 Å². The highest BCUT2D eigenvalue weighted by atomic mass is 16.5. The predicted octanol–water partition coefficient (Wildman–Crippen LogP) is 5.18. The van der Waals surface area contributed by atoms with Crippen LogP contribution in [0.2, 0.25) is 0 Å². The second kappa shape index (κ2) is 9.91. The first-order valence-electron chi connectivity index (χ1n) is 12.5. The van der Waals surface area contributed by atoms with Crippen LogP contribution in [0.4, 0.5) is 11.4 Å². The number of hydrogen-bond donors (Lipinski definition) is 1. The van der Waals surface area contributed by atoms with E-state index in [1.165, 1.54) is 69.3 Å². The molecule has 4 heteroatoms. The minimum absolute atomic E-state index is 0.534. The van der Waals surface area contributed by atoms with E-state index in [1.54, 1.807) is 5.56 Å². The van der Waals surface area contributed by atoms with Crippen molar-refractivity contribution in [2.75, 3.05) is 56.2 Å². The summed E-state index contributed by atoms with van der Waals surface area (Å²) in [6.07, 6.45) is 10.7. The molecule has 3 fully saturated rings. The van der Waals surface area contributed by atoms with E-state index in [0.717, 1.165) is 32.8 Å². The first kappa shape index (κ1) is 22.0. The van der Waals surface area contributed by atoms with Gasteiger partial charge in [-0.1, -0.05) is 26.7 Å².